The Kier molecular flexibility index (Phi) is 45.2. The Morgan fingerprint density at radius 2 is 0.528 bits per heavy atom. The molecule has 0 unspecified atom stereocenters. The molecule has 0 aliphatic heterocycles. The fourth-order valence-electron chi connectivity index (χ4n) is 14.7. The van der Waals surface area contributed by atoms with E-state index in [1.165, 1.54) is 169 Å². The van der Waals surface area contributed by atoms with Crippen molar-refractivity contribution in [2.24, 2.45) is 59.2 Å². The van der Waals surface area contributed by atoms with Gasteiger partial charge in [-0.05, 0) is 231 Å². The first-order chi connectivity index (χ1) is 51.2. The van der Waals surface area contributed by atoms with Gasteiger partial charge in [0.25, 0.3) is 0 Å². The van der Waals surface area contributed by atoms with Crippen molar-refractivity contribution in [1.29, 1.82) is 0 Å². The average Bonchev–Trinajstić information content (AvgIpc) is 1.69. The quantitative estimate of drug-likeness (QED) is 0.0729. The van der Waals surface area contributed by atoms with E-state index >= 15 is 0 Å². The molecular formula is C108H152. The summed E-state index contributed by atoms with van der Waals surface area (Å²) in [4.78, 5) is 0. The summed E-state index contributed by atoms with van der Waals surface area (Å²) in [5.41, 5.74) is 24.3. The van der Waals surface area contributed by atoms with Crippen LogP contribution >= 0.6 is 0 Å². The molecule has 0 atom stereocenters. The molecule has 584 valence electrons. The van der Waals surface area contributed by atoms with Crippen molar-refractivity contribution < 1.29 is 0 Å². The number of allylic oxidation sites excluding steroid dienone is 27. The molecule has 9 aliphatic rings. The minimum absolute atomic E-state index is 0. The molecule has 0 N–H and O–H groups in total. The molecule has 0 heterocycles. The Morgan fingerprint density at radius 1 is 0.259 bits per heavy atom. The molecule has 0 aromatic heterocycles. The van der Waals surface area contributed by atoms with E-state index in [0.717, 1.165) is 78.4 Å². The van der Waals surface area contributed by atoms with Gasteiger partial charge in [0.1, 0.15) is 0 Å². The first-order valence-electron chi connectivity index (χ1n) is 42.1. The van der Waals surface area contributed by atoms with Crippen LogP contribution in [0.15, 0.2) is 275 Å². The summed E-state index contributed by atoms with van der Waals surface area (Å²) in [5.74, 6) is 7.93. The largest absolute Gasteiger partial charge is 0.0805 e. The summed E-state index contributed by atoms with van der Waals surface area (Å²) in [7, 11) is 0. The van der Waals surface area contributed by atoms with E-state index in [1.54, 1.807) is 33.4 Å². The number of fused-ring (bicyclic) bond motifs is 4. The van der Waals surface area contributed by atoms with Gasteiger partial charge in [0.15, 0.2) is 0 Å². The van der Waals surface area contributed by atoms with Gasteiger partial charge in [-0.25, -0.2) is 0 Å². The average molecular weight is 1450 g/mol. The maximum atomic E-state index is 2.36. The number of benzene rings is 5. The summed E-state index contributed by atoms with van der Waals surface area (Å²) in [5, 5.41) is 2.69. The first-order valence-corrected chi connectivity index (χ1v) is 42.1. The molecule has 0 heteroatoms. The molecule has 5 aromatic rings. The molecule has 0 fully saturated rings. The van der Waals surface area contributed by atoms with Crippen molar-refractivity contribution in [1.82, 2.24) is 0 Å². The SMILES string of the molecule is C.CC(C)CC1=CC=CC1.CC(C)CC1=CC=CC1.CC(C)CC1=CC=CC1.CC(C)CC1=CCC=C1.CC(C)CC1=CCC=C1.CC(C)CC1=CCC=C1.CC(C)CC1=Cc2ccccc2C1.CC(C)CC1=Cc2ccccc2C1.CC(C)CC1=Cc2ccccc2C1.CC(C)Cc1ccc2ccccc2c1. The van der Waals surface area contributed by atoms with Crippen LogP contribution in [0.4, 0.5) is 0 Å². The molecule has 14 rings (SSSR count). The van der Waals surface area contributed by atoms with Crippen molar-refractivity contribution in [3.8, 4) is 0 Å². The van der Waals surface area contributed by atoms with Crippen LogP contribution in [0.5, 0.6) is 0 Å². The molecule has 0 bridgehead atoms. The number of rotatable bonds is 20. The van der Waals surface area contributed by atoms with Crippen LogP contribution in [0.2, 0.25) is 0 Å². The van der Waals surface area contributed by atoms with Crippen LogP contribution in [0.3, 0.4) is 0 Å². The van der Waals surface area contributed by atoms with Gasteiger partial charge < -0.3 is 0 Å². The van der Waals surface area contributed by atoms with Crippen molar-refractivity contribution in [3.63, 3.8) is 0 Å². The third-order valence-electron chi connectivity index (χ3n) is 19.0. The zero-order valence-electron chi connectivity index (χ0n) is 71.3. The van der Waals surface area contributed by atoms with Crippen LogP contribution in [-0.4, -0.2) is 0 Å². The van der Waals surface area contributed by atoms with E-state index < -0.39 is 0 Å². The van der Waals surface area contributed by atoms with Gasteiger partial charge in [0, 0.05) is 0 Å². The van der Waals surface area contributed by atoms with E-state index in [-0.39, 0.29) is 7.43 Å². The summed E-state index contributed by atoms with van der Waals surface area (Å²) in [6, 6.07) is 41.4. The minimum Gasteiger partial charge on any atom is -0.0805 e. The van der Waals surface area contributed by atoms with Crippen molar-refractivity contribution in [2.45, 2.75) is 268 Å². The lowest BCUT2D eigenvalue weighted by atomic mass is 10.00. The first kappa shape index (κ1) is 92.8. The third kappa shape index (κ3) is 40.8. The predicted molar refractivity (Wildman–Crippen MR) is 490 cm³/mol. The topological polar surface area (TPSA) is 0 Å². The van der Waals surface area contributed by atoms with Crippen molar-refractivity contribution in [3.05, 3.63) is 314 Å². The maximum absolute atomic E-state index is 2.36. The lowest BCUT2D eigenvalue weighted by molar-refractivity contribution is 0.637. The highest BCUT2D eigenvalue weighted by Gasteiger charge is 2.16. The molecule has 0 nitrogen and oxygen atoms in total. The summed E-state index contributed by atoms with van der Waals surface area (Å²) in [6.45, 7) is 45.3. The summed E-state index contributed by atoms with van der Waals surface area (Å²) >= 11 is 0. The fourth-order valence-corrected chi connectivity index (χ4v) is 14.7. The molecule has 0 spiro atoms. The van der Waals surface area contributed by atoms with Gasteiger partial charge in [-0.15, -0.1) is 0 Å². The molecular weight excluding hydrogens is 1300 g/mol. The van der Waals surface area contributed by atoms with E-state index in [4.69, 9.17) is 0 Å². The molecule has 5 aromatic carbocycles. The van der Waals surface area contributed by atoms with Crippen LogP contribution in [0.25, 0.3) is 29.0 Å². The molecule has 0 saturated carbocycles. The van der Waals surface area contributed by atoms with Gasteiger partial charge in [0.05, 0.1) is 0 Å². The van der Waals surface area contributed by atoms with Gasteiger partial charge in [-0.1, -0.05) is 439 Å². The zero-order valence-corrected chi connectivity index (χ0v) is 71.3. The Labute approximate surface area is 665 Å². The molecule has 0 saturated heterocycles. The van der Waals surface area contributed by atoms with Crippen LogP contribution in [0, 0.1) is 59.2 Å². The Hall–Kier alpha value is -7.54. The van der Waals surface area contributed by atoms with Gasteiger partial charge in [-0.3, -0.25) is 0 Å². The Morgan fingerprint density at radius 3 is 0.778 bits per heavy atom. The number of hydrogen-bond acceptors (Lipinski definition) is 0. The maximum Gasteiger partial charge on any atom is -0.00577 e. The van der Waals surface area contributed by atoms with Gasteiger partial charge in [0.2, 0.25) is 0 Å². The second-order valence-electron chi connectivity index (χ2n) is 35.3. The minimum atomic E-state index is 0. The third-order valence-corrected chi connectivity index (χ3v) is 19.0. The van der Waals surface area contributed by atoms with E-state index in [0.29, 0.717) is 0 Å². The van der Waals surface area contributed by atoms with E-state index in [1.807, 2.05) is 0 Å². The van der Waals surface area contributed by atoms with Gasteiger partial charge >= 0.3 is 0 Å². The fraction of sp³-hybridized carbons (Fsp3) is 0.463. The lowest BCUT2D eigenvalue weighted by Gasteiger charge is -2.06. The molecule has 0 amide bonds. The normalized spacial score (nSPS) is 15.2. The van der Waals surface area contributed by atoms with Crippen molar-refractivity contribution >= 4 is 29.0 Å². The summed E-state index contributed by atoms with van der Waals surface area (Å²) < 4.78 is 0. The number of hydrogen-bond donors (Lipinski definition) is 0. The van der Waals surface area contributed by atoms with Crippen molar-refractivity contribution in [2.75, 3.05) is 0 Å². The Bertz CT molecular complexity index is 3560. The second kappa shape index (κ2) is 52.5. The molecule has 0 radical (unpaired) electrons. The lowest BCUT2D eigenvalue weighted by Crippen LogP contribution is -1.93. The standard InChI is InChI=1S/C14H16.3C13H16.6C9H14.CH4/c1-11(2)9-12-7-8-13-5-3-4-6-14(13)10-12;3*1-10(2)7-11-8-12-5-3-4-6-13(12)9-11;6*1-8(2)7-9-5-3-4-6-9;/h3-8,10-11H,9H2,1-2H3;3*3-6,8,10H,7,9H2,1-2H3;3*3,5-6,8H,4,7H2,1-2H3;3*3-5,8H,6-7H2,1-2H3;1H4. The summed E-state index contributed by atoms with van der Waals surface area (Å²) in [6.07, 6.45) is 70.2. The zero-order chi connectivity index (χ0) is 77.9. The molecule has 108 heavy (non-hydrogen) atoms. The predicted octanol–water partition coefficient (Wildman–Crippen LogP) is 33.2. The monoisotopic (exact) mass is 1450 g/mol. The molecule has 9 aliphatic carbocycles. The second-order valence-corrected chi connectivity index (χ2v) is 35.3. The highest BCUT2D eigenvalue weighted by Crippen LogP contribution is 2.32. The smallest absolute Gasteiger partial charge is 0.00577 e. The van der Waals surface area contributed by atoms with Crippen LogP contribution in [0.1, 0.15) is 281 Å². The van der Waals surface area contributed by atoms with E-state index in [9.17, 15) is 0 Å². The van der Waals surface area contributed by atoms with E-state index in [2.05, 4.69) is 381 Å². The van der Waals surface area contributed by atoms with Gasteiger partial charge in [-0.2, -0.15) is 0 Å². The highest BCUT2D eigenvalue weighted by atomic mass is 14.2. The van der Waals surface area contributed by atoms with Crippen LogP contribution < -0.4 is 0 Å². The highest BCUT2D eigenvalue weighted by molar-refractivity contribution is 5.83. The Balaban J connectivity index is 0.000000255. The van der Waals surface area contributed by atoms with Crippen LogP contribution in [-0.2, 0) is 25.7 Å².